The minimum absolute atomic E-state index is 0.594. The van der Waals surface area contributed by atoms with Crippen molar-refractivity contribution >= 4 is 6.16 Å². The fourth-order valence-corrected chi connectivity index (χ4v) is 0.241. The third-order valence-corrected chi connectivity index (χ3v) is 0.568. The highest BCUT2D eigenvalue weighted by atomic mass is 19.3. The van der Waals surface area contributed by atoms with Gasteiger partial charge in [0.25, 0.3) is 0 Å². The second-order valence-electron chi connectivity index (χ2n) is 1.41. The van der Waals surface area contributed by atoms with Gasteiger partial charge in [0.1, 0.15) is 0 Å². The predicted molar refractivity (Wildman–Crippen MR) is 28.7 cm³/mol. The zero-order valence-corrected chi connectivity index (χ0v) is 5.35. The Balaban J connectivity index is 3.82. The van der Waals surface area contributed by atoms with E-state index in [2.05, 4.69) is 16.1 Å². The minimum atomic E-state index is -4.12. The van der Waals surface area contributed by atoms with Crippen LogP contribution in [0.4, 0.5) is 18.0 Å². The second-order valence-corrected chi connectivity index (χ2v) is 1.41. The van der Waals surface area contributed by atoms with Gasteiger partial charge < -0.3 is 9.47 Å². The summed E-state index contributed by atoms with van der Waals surface area (Å²) >= 11 is 0. The molecule has 0 aliphatic carbocycles. The van der Waals surface area contributed by atoms with Crippen molar-refractivity contribution in [2.75, 3.05) is 6.67 Å². The lowest BCUT2D eigenvalue weighted by molar-refractivity contribution is -0.216. The molecule has 0 N–H and O–H groups in total. The van der Waals surface area contributed by atoms with Gasteiger partial charge in [0.15, 0.2) is 6.67 Å². The molecule has 3 nitrogen and oxygen atoms in total. The molecule has 0 radical (unpaired) electrons. The van der Waals surface area contributed by atoms with E-state index in [1.807, 2.05) is 0 Å². The van der Waals surface area contributed by atoms with E-state index in [1.165, 1.54) is 0 Å². The molecular weight excluding hydrogens is 165 g/mol. The molecule has 0 saturated heterocycles. The molecule has 0 aliphatic rings. The molecule has 0 saturated carbocycles. The van der Waals surface area contributed by atoms with Gasteiger partial charge in [-0.05, 0) is 0 Å². The largest absolute Gasteiger partial charge is 0.518 e. The topological polar surface area (TPSA) is 35.5 Å². The van der Waals surface area contributed by atoms with Gasteiger partial charge in [-0.1, -0.05) is 6.58 Å². The van der Waals surface area contributed by atoms with Gasteiger partial charge in [-0.2, -0.15) is 8.78 Å². The number of hydrogen-bond acceptors (Lipinski definition) is 3. The lowest BCUT2D eigenvalue weighted by atomic mass is 10.7. The summed E-state index contributed by atoms with van der Waals surface area (Å²) in [6.07, 6.45) is -5.22. The standard InChI is InChI=1S/C5H5F3O3/c1-2-10-4(9)11-5(7,8)3-6/h2H,1,3H2. The van der Waals surface area contributed by atoms with E-state index in [9.17, 15) is 18.0 Å². The first-order valence-corrected chi connectivity index (χ1v) is 2.46. The van der Waals surface area contributed by atoms with Crippen LogP contribution < -0.4 is 0 Å². The Morgan fingerprint density at radius 3 is 2.55 bits per heavy atom. The Bertz CT molecular complexity index is 157. The van der Waals surface area contributed by atoms with E-state index < -0.39 is 18.9 Å². The van der Waals surface area contributed by atoms with Crippen LogP contribution in [-0.2, 0) is 9.47 Å². The SMILES string of the molecule is C=COC(=O)OC(F)(F)CF. The van der Waals surface area contributed by atoms with E-state index in [4.69, 9.17) is 0 Å². The van der Waals surface area contributed by atoms with Gasteiger partial charge in [0.2, 0.25) is 0 Å². The van der Waals surface area contributed by atoms with E-state index in [0.29, 0.717) is 6.26 Å². The maximum atomic E-state index is 11.8. The minimum Gasteiger partial charge on any atom is -0.403 e. The van der Waals surface area contributed by atoms with Gasteiger partial charge >= 0.3 is 12.3 Å². The average molecular weight is 170 g/mol. The smallest absolute Gasteiger partial charge is 0.403 e. The number of rotatable bonds is 3. The molecule has 0 bridgehead atoms. The first kappa shape index (κ1) is 9.80. The molecule has 0 aromatic heterocycles. The number of carbonyl (C=O) groups is 1. The molecule has 0 fully saturated rings. The summed E-state index contributed by atoms with van der Waals surface area (Å²) in [7, 11) is 0. The molecule has 0 atom stereocenters. The number of carbonyl (C=O) groups excluding carboxylic acids is 1. The van der Waals surface area contributed by atoms with E-state index in [0.717, 1.165) is 0 Å². The van der Waals surface area contributed by atoms with Crippen LogP contribution in [0.15, 0.2) is 12.8 Å². The Morgan fingerprint density at radius 1 is 1.64 bits per heavy atom. The average Bonchev–Trinajstić information content (AvgIpc) is 1.87. The Kier molecular flexibility index (Phi) is 3.43. The van der Waals surface area contributed by atoms with E-state index in [1.54, 1.807) is 0 Å². The molecule has 6 heteroatoms. The van der Waals surface area contributed by atoms with Crippen LogP contribution in [0.3, 0.4) is 0 Å². The van der Waals surface area contributed by atoms with Crippen LogP contribution in [0.2, 0.25) is 0 Å². The first-order valence-electron chi connectivity index (χ1n) is 2.46. The molecular formula is C5H5F3O3. The molecule has 0 rings (SSSR count). The van der Waals surface area contributed by atoms with Crippen molar-refractivity contribution in [2.45, 2.75) is 6.11 Å². The summed E-state index contributed by atoms with van der Waals surface area (Å²) in [6, 6.07) is 0. The van der Waals surface area contributed by atoms with Crippen LogP contribution in [0.1, 0.15) is 0 Å². The van der Waals surface area contributed by atoms with Crippen molar-refractivity contribution in [3.63, 3.8) is 0 Å². The predicted octanol–water partition coefficient (Wildman–Crippen LogP) is 1.85. The highest BCUT2D eigenvalue weighted by Gasteiger charge is 2.34. The van der Waals surface area contributed by atoms with Crippen LogP contribution in [0.25, 0.3) is 0 Å². The second kappa shape index (κ2) is 3.85. The monoisotopic (exact) mass is 170 g/mol. The lowest BCUT2D eigenvalue weighted by Gasteiger charge is -2.10. The molecule has 0 amide bonds. The normalized spacial score (nSPS) is 10.5. The number of ether oxygens (including phenoxy) is 2. The number of alkyl halides is 3. The third-order valence-electron chi connectivity index (χ3n) is 0.568. The third kappa shape index (κ3) is 4.24. The number of halogens is 3. The molecule has 64 valence electrons. The van der Waals surface area contributed by atoms with Crippen molar-refractivity contribution in [2.24, 2.45) is 0 Å². The molecule has 0 aromatic rings. The van der Waals surface area contributed by atoms with Crippen molar-refractivity contribution in [3.05, 3.63) is 12.8 Å². The first-order chi connectivity index (χ1) is 5.02. The number of hydrogen-bond donors (Lipinski definition) is 0. The molecule has 0 unspecified atom stereocenters. The fourth-order valence-electron chi connectivity index (χ4n) is 0.241. The molecule has 0 aromatic carbocycles. The maximum Gasteiger partial charge on any atom is 0.518 e. The molecule has 0 aliphatic heterocycles. The van der Waals surface area contributed by atoms with Crippen molar-refractivity contribution in [1.29, 1.82) is 0 Å². The van der Waals surface area contributed by atoms with E-state index >= 15 is 0 Å². The molecule has 11 heavy (non-hydrogen) atoms. The zero-order valence-electron chi connectivity index (χ0n) is 5.35. The highest BCUT2D eigenvalue weighted by Crippen LogP contribution is 2.16. The highest BCUT2D eigenvalue weighted by molar-refractivity contribution is 5.60. The summed E-state index contributed by atoms with van der Waals surface area (Å²) in [5.74, 6) is 0. The van der Waals surface area contributed by atoms with Gasteiger partial charge in [0, 0.05) is 0 Å². The van der Waals surface area contributed by atoms with Crippen molar-refractivity contribution in [3.8, 4) is 0 Å². The Hall–Kier alpha value is -1.20. The van der Waals surface area contributed by atoms with Crippen LogP contribution in [0, 0.1) is 0 Å². The van der Waals surface area contributed by atoms with E-state index in [-0.39, 0.29) is 0 Å². The summed E-state index contributed by atoms with van der Waals surface area (Å²) in [4.78, 5) is 10.1. The Labute approximate surface area is 60.4 Å². The van der Waals surface area contributed by atoms with Gasteiger partial charge in [-0.3, -0.25) is 0 Å². The lowest BCUT2D eigenvalue weighted by Crippen LogP contribution is -2.26. The fraction of sp³-hybridized carbons (Fsp3) is 0.400. The quantitative estimate of drug-likeness (QED) is 0.478. The van der Waals surface area contributed by atoms with Crippen molar-refractivity contribution < 1.29 is 27.4 Å². The van der Waals surface area contributed by atoms with Gasteiger partial charge in [-0.25, -0.2) is 9.18 Å². The van der Waals surface area contributed by atoms with Crippen LogP contribution in [0.5, 0.6) is 0 Å². The van der Waals surface area contributed by atoms with Crippen LogP contribution in [-0.4, -0.2) is 18.9 Å². The summed E-state index contributed by atoms with van der Waals surface area (Å²) < 4.78 is 41.8. The van der Waals surface area contributed by atoms with Crippen molar-refractivity contribution in [1.82, 2.24) is 0 Å². The van der Waals surface area contributed by atoms with Crippen LogP contribution >= 0.6 is 0 Å². The summed E-state index contributed by atoms with van der Waals surface area (Å²) in [5, 5.41) is 0. The maximum absolute atomic E-state index is 11.8. The molecule has 0 spiro atoms. The molecule has 0 heterocycles. The Morgan fingerprint density at radius 2 is 2.18 bits per heavy atom. The van der Waals surface area contributed by atoms with Gasteiger partial charge in [-0.15, -0.1) is 0 Å². The zero-order chi connectivity index (χ0) is 8.91. The van der Waals surface area contributed by atoms with Gasteiger partial charge in [0.05, 0.1) is 6.26 Å². The summed E-state index contributed by atoms with van der Waals surface area (Å²) in [5.41, 5.74) is 0. The summed E-state index contributed by atoms with van der Waals surface area (Å²) in [6.45, 7) is 0.811.